The van der Waals surface area contributed by atoms with Gasteiger partial charge in [-0.15, -0.1) is 0 Å². The summed E-state index contributed by atoms with van der Waals surface area (Å²) in [6.45, 7) is 2.97. The number of nitrogens with zero attached hydrogens (tertiary/aromatic N) is 3. The fraction of sp³-hybridized carbons (Fsp3) is 0.476. The van der Waals surface area contributed by atoms with Gasteiger partial charge in [0.25, 0.3) is 5.56 Å². The first-order chi connectivity index (χ1) is 13.3. The molecule has 0 bridgehead atoms. The summed E-state index contributed by atoms with van der Waals surface area (Å²) in [5, 5.41) is 0. The van der Waals surface area contributed by atoms with Crippen molar-refractivity contribution in [3.8, 4) is 0 Å². The van der Waals surface area contributed by atoms with E-state index in [1.807, 2.05) is 6.07 Å². The molecule has 3 rings (SSSR count). The quantitative estimate of drug-likeness (QED) is 0.754. The lowest BCUT2D eigenvalue weighted by atomic mass is 9.87. The molecule has 1 unspecified atom stereocenters. The van der Waals surface area contributed by atoms with Crippen LogP contribution in [0.1, 0.15) is 41.3 Å². The minimum absolute atomic E-state index is 0.0662. The predicted molar refractivity (Wildman–Crippen MR) is 110 cm³/mol. The molecule has 7 heteroatoms. The van der Waals surface area contributed by atoms with Crippen molar-refractivity contribution < 1.29 is 4.79 Å². The molecule has 7 nitrogen and oxygen atoms in total. The number of rotatable bonds is 6. The van der Waals surface area contributed by atoms with E-state index in [0.717, 1.165) is 41.4 Å². The first-order valence-electron chi connectivity index (χ1n) is 9.74. The second kappa shape index (κ2) is 8.14. The topological polar surface area (TPSA) is 90.3 Å². The Kier molecular flexibility index (Phi) is 5.84. The highest BCUT2D eigenvalue weighted by molar-refractivity contribution is 6.01. The summed E-state index contributed by atoms with van der Waals surface area (Å²) in [5.41, 5.74) is 7.39. The summed E-state index contributed by atoms with van der Waals surface area (Å²) < 4.78 is 2.08. The third-order valence-electron chi connectivity index (χ3n) is 5.68. The molecule has 150 valence electrons. The number of carbonyl (C=O) groups is 1. The van der Waals surface area contributed by atoms with Gasteiger partial charge in [0.15, 0.2) is 5.78 Å². The van der Waals surface area contributed by atoms with Gasteiger partial charge in [0.05, 0.1) is 6.54 Å². The lowest BCUT2D eigenvalue weighted by Crippen LogP contribution is -2.46. The van der Waals surface area contributed by atoms with Crippen molar-refractivity contribution in [1.29, 1.82) is 0 Å². The molecular formula is C21H28N4O3. The molecule has 1 aliphatic rings. The minimum Gasteiger partial charge on any atom is -0.384 e. The zero-order chi connectivity index (χ0) is 20.4. The van der Waals surface area contributed by atoms with Gasteiger partial charge < -0.3 is 5.73 Å². The van der Waals surface area contributed by atoms with Crippen LogP contribution in [0.4, 0.5) is 5.82 Å². The van der Waals surface area contributed by atoms with Gasteiger partial charge in [0.1, 0.15) is 11.4 Å². The van der Waals surface area contributed by atoms with E-state index in [0.29, 0.717) is 0 Å². The lowest BCUT2D eigenvalue weighted by molar-refractivity contribution is 0.0877. The van der Waals surface area contributed by atoms with Crippen LogP contribution in [0.3, 0.4) is 0 Å². The molecule has 1 aromatic carbocycles. The number of hydrogen-bond acceptors (Lipinski definition) is 5. The lowest BCUT2D eigenvalue weighted by Gasteiger charge is -2.34. The van der Waals surface area contributed by atoms with Crippen LogP contribution in [0.2, 0.25) is 0 Å². The highest BCUT2D eigenvalue weighted by Crippen LogP contribution is 2.25. The molecule has 0 saturated heterocycles. The van der Waals surface area contributed by atoms with Crippen LogP contribution >= 0.6 is 0 Å². The molecule has 1 aromatic heterocycles. The summed E-state index contributed by atoms with van der Waals surface area (Å²) in [4.78, 5) is 39.7. The minimum atomic E-state index is -0.629. The van der Waals surface area contributed by atoms with Crippen LogP contribution in [0.15, 0.2) is 33.9 Å². The van der Waals surface area contributed by atoms with E-state index < -0.39 is 11.2 Å². The average molecular weight is 384 g/mol. The predicted octanol–water partition coefficient (Wildman–Crippen LogP) is 1.12. The maximum atomic E-state index is 13.0. The molecule has 0 saturated carbocycles. The van der Waals surface area contributed by atoms with Gasteiger partial charge in [-0.1, -0.05) is 31.2 Å². The van der Waals surface area contributed by atoms with Crippen LogP contribution in [0, 0.1) is 0 Å². The number of fused-ring (bicyclic) bond motifs is 1. The molecule has 1 heterocycles. The Morgan fingerprint density at radius 1 is 1.18 bits per heavy atom. The zero-order valence-corrected chi connectivity index (χ0v) is 16.8. The molecule has 28 heavy (non-hydrogen) atoms. The number of aromatic nitrogens is 2. The molecule has 0 fully saturated rings. The van der Waals surface area contributed by atoms with Gasteiger partial charge in [0, 0.05) is 20.1 Å². The fourth-order valence-corrected chi connectivity index (χ4v) is 4.05. The van der Waals surface area contributed by atoms with E-state index in [9.17, 15) is 14.4 Å². The molecule has 1 atom stereocenters. The van der Waals surface area contributed by atoms with Gasteiger partial charge in [-0.2, -0.15) is 0 Å². The number of Topliss-reactive ketones (excluding diaryl/α,β-unsaturated/α-hetero) is 1. The highest BCUT2D eigenvalue weighted by atomic mass is 16.2. The molecule has 0 amide bonds. The summed E-state index contributed by atoms with van der Waals surface area (Å²) in [5.74, 6) is -0.399. The van der Waals surface area contributed by atoms with Crippen molar-refractivity contribution in [2.45, 2.75) is 38.6 Å². The van der Waals surface area contributed by atoms with Crippen molar-refractivity contribution in [1.82, 2.24) is 14.0 Å². The molecule has 0 radical (unpaired) electrons. The molecule has 2 N–H and O–H groups in total. The van der Waals surface area contributed by atoms with Crippen LogP contribution in [0.5, 0.6) is 0 Å². The van der Waals surface area contributed by atoms with E-state index >= 15 is 0 Å². The Balaban J connectivity index is 1.87. The van der Waals surface area contributed by atoms with E-state index in [-0.39, 0.29) is 29.8 Å². The normalized spacial score (nSPS) is 16.2. The van der Waals surface area contributed by atoms with Gasteiger partial charge >= 0.3 is 5.69 Å². The maximum absolute atomic E-state index is 13.0. The Hall–Kier alpha value is -2.67. The van der Waals surface area contributed by atoms with E-state index in [1.54, 1.807) is 0 Å². The first kappa shape index (κ1) is 20.1. The number of anilines is 1. The van der Waals surface area contributed by atoms with Crippen molar-refractivity contribution in [3.05, 3.63) is 61.8 Å². The number of carbonyl (C=O) groups excluding carboxylic acids is 1. The van der Waals surface area contributed by atoms with Gasteiger partial charge in [-0.25, -0.2) is 4.79 Å². The maximum Gasteiger partial charge on any atom is 0.332 e. The number of aryl methyl sites for hydroxylation is 1. The molecule has 0 spiro atoms. The third kappa shape index (κ3) is 3.67. The second-order valence-corrected chi connectivity index (χ2v) is 7.52. The zero-order valence-electron chi connectivity index (χ0n) is 16.8. The van der Waals surface area contributed by atoms with E-state index in [4.69, 9.17) is 5.73 Å². The van der Waals surface area contributed by atoms with Crippen molar-refractivity contribution in [3.63, 3.8) is 0 Å². The van der Waals surface area contributed by atoms with Crippen LogP contribution < -0.4 is 17.0 Å². The van der Waals surface area contributed by atoms with Crippen molar-refractivity contribution in [2.24, 2.45) is 14.1 Å². The van der Waals surface area contributed by atoms with E-state index in [2.05, 4.69) is 30.0 Å². The third-order valence-corrected chi connectivity index (χ3v) is 5.68. The Bertz CT molecular complexity index is 1010. The number of hydrogen-bond donors (Lipinski definition) is 1. The SMILES string of the molecule is CCCN(CC(=O)c1c(N)n(C)c(=O)n(C)c1=O)C1CCc2ccccc2C1. The Morgan fingerprint density at radius 3 is 2.54 bits per heavy atom. The second-order valence-electron chi connectivity index (χ2n) is 7.52. The summed E-state index contributed by atoms with van der Waals surface area (Å²) in [6, 6.07) is 8.66. The van der Waals surface area contributed by atoms with Crippen LogP contribution in [0.25, 0.3) is 0 Å². The van der Waals surface area contributed by atoms with Crippen LogP contribution in [-0.4, -0.2) is 38.9 Å². The monoisotopic (exact) mass is 384 g/mol. The van der Waals surface area contributed by atoms with Crippen LogP contribution in [-0.2, 0) is 26.9 Å². The number of nitrogens with two attached hydrogens (primary N) is 1. The smallest absolute Gasteiger partial charge is 0.332 e. The summed E-state index contributed by atoms with van der Waals surface area (Å²) >= 11 is 0. The van der Waals surface area contributed by atoms with Gasteiger partial charge in [-0.05, 0) is 43.4 Å². The van der Waals surface area contributed by atoms with E-state index in [1.165, 1.54) is 25.2 Å². The Labute approximate surface area is 164 Å². The first-order valence-corrected chi connectivity index (χ1v) is 9.74. The van der Waals surface area contributed by atoms with Crippen molar-refractivity contribution >= 4 is 11.6 Å². The molecule has 1 aliphatic carbocycles. The largest absolute Gasteiger partial charge is 0.384 e. The fourth-order valence-electron chi connectivity index (χ4n) is 4.05. The highest BCUT2D eigenvalue weighted by Gasteiger charge is 2.28. The van der Waals surface area contributed by atoms with Gasteiger partial charge in [0.2, 0.25) is 0 Å². The van der Waals surface area contributed by atoms with Crippen molar-refractivity contribution in [2.75, 3.05) is 18.8 Å². The standard InChI is InChI=1S/C21H28N4O3/c1-4-11-25(16-10-9-14-7-5-6-8-15(14)12-16)13-17(26)18-19(22)23(2)21(28)24(3)20(18)27/h5-8,16H,4,9-13,22H2,1-3H3. The molecular weight excluding hydrogens is 356 g/mol. The van der Waals surface area contributed by atoms with Gasteiger partial charge in [-0.3, -0.25) is 23.6 Å². The summed E-state index contributed by atoms with van der Waals surface area (Å²) in [6.07, 6.45) is 3.76. The Morgan fingerprint density at radius 2 is 1.86 bits per heavy atom. The number of nitrogen functional groups attached to an aromatic ring is 1. The average Bonchev–Trinajstić information content (AvgIpc) is 2.70. The number of ketones is 1. The number of benzene rings is 1. The molecule has 0 aliphatic heterocycles. The molecule has 2 aromatic rings. The summed E-state index contributed by atoms with van der Waals surface area (Å²) in [7, 11) is 2.83.